The molecule has 0 spiro atoms. The molecule has 6 rings (SSSR count). The third-order valence-corrected chi connectivity index (χ3v) is 7.76. The van der Waals surface area contributed by atoms with E-state index < -0.39 is 5.41 Å². The summed E-state index contributed by atoms with van der Waals surface area (Å²) in [5.74, 6) is 0. The zero-order chi connectivity index (χ0) is 28.2. The zero-order valence-electron chi connectivity index (χ0n) is 22.3. The van der Waals surface area contributed by atoms with Crippen molar-refractivity contribution in [2.24, 2.45) is 5.73 Å². The molecule has 0 saturated carbocycles. The van der Waals surface area contributed by atoms with Crippen molar-refractivity contribution in [1.82, 2.24) is 4.98 Å². The van der Waals surface area contributed by atoms with Gasteiger partial charge in [-0.1, -0.05) is 97.1 Å². The first-order valence-electron chi connectivity index (χ1n) is 13.4. The highest BCUT2D eigenvalue weighted by molar-refractivity contribution is 5.88. The van der Waals surface area contributed by atoms with E-state index in [1.54, 1.807) is 18.3 Å². The van der Waals surface area contributed by atoms with Gasteiger partial charge in [0.25, 0.3) is 0 Å². The minimum atomic E-state index is -0.578. The summed E-state index contributed by atoms with van der Waals surface area (Å²) in [4.78, 5) is 4.61. The van der Waals surface area contributed by atoms with Crippen LogP contribution in [0.15, 0.2) is 139 Å². The minimum absolute atomic E-state index is 0.533. The molecular weight excluding hydrogens is 500 g/mol. The van der Waals surface area contributed by atoms with E-state index >= 15 is 0 Å². The quantitative estimate of drug-likeness (QED) is 0.180. The molecule has 1 aliphatic carbocycles. The minimum Gasteiger partial charge on any atom is -0.405 e. The highest BCUT2D eigenvalue weighted by Crippen LogP contribution is 2.56. The smallest absolute Gasteiger partial charge is 0.0992 e. The van der Waals surface area contributed by atoms with Gasteiger partial charge in [-0.25, -0.2) is 0 Å². The maximum atomic E-state index is 9.50. The molecule has 4 aromatic carbocycles. The molecule has 0 fully saturated rings. The number of fused-ring (bicyclic) bond motifs is 3. The molecule has 1 heterocycles. The highest BCUT2D eigenvalue weighted by Gasteiger charge is 2.46. The normalized spacial score (nSPS) is 13.3. The Labute approximate surface area is 240 Å². The number of pyridine rings is 1. The van der Waals surface area contributed by atoms with Crippen LogP contribution in [0.5, 0.6) is 0 Å². The first kappa shape index (κ1) is 25.6. The maximum absolute atomic E-state index is 9.50. The molecule has 1 aromatic heterocycles. The zero-order valence-corrected chi connectivity index (χ0v) is 22.3. The second-order valence-corrected chi connectivity index (χ2v) is 10.00. The van der Waals surface area contributed by atoms with Crippen molar-refractivity contribution < 1.29 is 0 Å². The van der Waals surface area contributed by atoms with Gasteiger partial charge < -0.3 is 5.73 Å². The Morgan fingerprint density at radius 1 is 0.780 bits per heavy atom. The Bertz CT molecular complexity index is 1850. The number of hydrogen-bond donors (Lipinski definition) is 1. The van der Waals surface area contributed by atoms with Gasteiger partial charge in [0, 0.05) is 17.3 Å². The summed E-state index contributed by atoms with van der Waals surface area (Å²) < 4.78 is 0. The van der Waals surface area contributed by atoms with E-state index in [2.05, 4.69) is 102 Å². The van der Waals surface area contributed by atoms with Crippen LogP contribution >= 0.6 is 0 Å². The van der Waals surface area contributed by atoms with Crippen molar-refractivity contribution in [3.63, 3.8) is 0 Å². The predicted molar refractivity (Wildman–Crippen MR) is 162 cm³/mol. The van der Waals surface area contributed by atoms with E-state index in [9.17, 15) is 10.5 Å². The second-order valence-electron chi connectivity index (χ2n) is 10.00. The first-order valence-corrected chi connectivity index (χ1v) is 13.4. The van der Waals surface area contributed by atoms with Gasteiger partial charge in [0.15, 0.2) is 0 Å². The van der Waals surface area contributed by atoms with Crippen LogP contribution in [0.2, 0.25) is 0 Å². The number of nitrogens with zero attached hydrogens (tertiary/aromatic N) is 3. The fraction of sp³-hybridized carbons (Fsp3) is 0.0541. The third-order valence-electron chi connectivity index (χ3n) is 7.76. The van der Waals surface area contributed by atoms with E-state index in [0.717, 1.165) is 16.8 Å². The Morgan fingerprint density at radius 2 is 1.44 bits per heavy atom. The summed E-state index contributed by atoms with van der Waals surface area (Å²) in [6, 6.07) is 42.3. The van der Waals surface area contributed by atoms with Crippen molar-refractivity contribution in [3.05, 3.63) is 173 Å². The number of aromatic nitrogens is 1. The molecular formula is C37H26N4. The van der Waals surface area contributed by atoms with Crippen molar-refractivity contribution >= 4 is 0 Å². The molecule has 0 bridgehead atoms. The van der Waals surface area contributed by atoms with Gasteiger partial charge in [-0.2, -0.15) is 10.5 Å². The van der Waals surface area contributed by atoms with Crippen molar-refractivity contribution in [2.45, 2.75) is 11.8 Å². The highest BCUT2D eigenvalue weighted by atomic mass is 14.7. The van der Waals surface area contributed by atoms with Crippen LogP contribution in [0.25, 0.3) is 22.4 Å². The number of nitrogens with two attached hydrogens (primary N) is 1. The third kappa shape index (κ3) is 4.39. The van der Waals surface area contributed by atoms with Gasteiger partial charge in [0.1, 0.15) is 0 Å². The topological polar surface area (TPSA) is 86.5 Å². The van der Waals surface area contributed by atoms with E-state index in [1.165, 1.54) is 39.6 Å². The Hall–Kier alpha value is -5.71. The van der Waals surface area contributed by atoms with Crippen LogP contribution in [0.4, 0.5) is 0 Å². The van der Waals surface area contributed by atoms with E-state index in [4.69, 9.17) is 5.73 Å². The number of benzene rings is 4. The Kier molecular flexibility index (Phi) is 6.74. The molecule has 0 aliphatic heterocycles. The molecule has 0 unspecified atom stereocenters. The maximum Gasteiger partial charge on any atom is 0.0992 e. The summed E-state index contributed by atoms with van der Waals surface area (Å²) in [6.07, 6.45) is 7.21. The number of nitriles is 2. The molecule has 194 valence electrons. The number of allylic oxidation sites excluding steroid dienone is 3. The van der Waals surface area contributed by atoms with Crippen LogP contribution in [0.1, 0.15) is 33.4 Å². The fourth-order valence-electron chi connectivity index (χ4n) is 5.96. The van der Waals surface area contributed by atoms with E-state index in [-0.39, 0.29) is 0 Å². The van der Waals surface area contributed by atoms with Crippen molar-refractivity contribution in [1.29, 1.82) is 10.5 Å². The number of hydrogen-bond acceptors (Lipinski definition) is 4. The molecule has 4 heteroatoms. The summed E-state index contributed by atoms with van der Waals surface area (Å²) >= 11 is 0. The Balaban J connectivity index is 1.64. The second kappa shape index (κ2) is 10.8. The van der Waals surface area contributed by atoms with Gasteiger partial charge in [0.2, 0.25) is 0 Å². The van der Waals surface area contributed by atoms with Gasteiger partial charge in [0.05, 0.1) is 28.8 Å². The molecule has 1 aliphatic rings. The lowest BCUT2D eigenvalue weighted by atomic mass is 9.67. The fourth-order valence-corrected chi connectivity index (χ4v) is 5.96. The largest absolute Gasteiger partial charge is 0.405 e. The lowest BCUT2D eigenvalue weighted by Crippen LogP contribution is -2.28. The molecule has 5 aromatic rings. The Morgan fingerprint density at radius 3 is 2.07 bits per heavy atom. The van der Waals surface area contributed by atoms with Crippen LogP contribution < -0.4 is 5.73 Å². The van der Waals surface area contributed by atoms with Gasteiger partial charge in [-0.05, 0) is 75.8 Å². The van der Waals surface area contributed by atoms with Crippen LogP contribution in [0, 0.1) is 22.7 Å². The van der Waals surface area contributed by atoms with E-state index in [1.807, 2.05) is 24.3 Å². The van der Waals surface area contributed by atoms with Gasteiger partial charge in [-0.3, -0.25) is 4.98 Å². The summed E-state index contributed by atoms with van der Waals surface area (Å²) in [5, 5.41) is 19.0. The SMILES string of the molecule is N#CC(/C=C\N)=C/Cc1ccc2c(c1)C(c1ccccc1)(c1ccccc1)c1cc(-c3cc(C#N)ccn3)ccc1-2. The molecule has 0 saturated heterocycles. The molecule has 0 radical (unpaired) electrons. The lowest BCUT2D eigenvalue weighted by Gasteiger charge is -2.34. The summed E-state index contributed by atoms with van der Waals surface area (Å²) in [7, 11) is 0. The van der Waals surface area contributed by atoms with Gasteiger partial charge in [-0.15, -0.1) is 0 Å². The molecule has 2 N–H and O–H groups in total. The molecule has 41 heavy (non-hydrogen) atoms. The van der Waals surface area contributed by atoms with Crippen LogP contribution in [-0.2, 0) is 11.8 Å². The van der Waals surface area contributed by atoms with Crippen LogP contribution in [-0.4, -0.2) is 4.98 Å². The number of rotatable bonds is 6. The summed E-state index contributed by atoms with van der Waals surface area (Å²) in [5.41, 5.74) is 15.9. The van der Waals surface area contributed by atoms with Crippen molar-refractivity contribution in [3.8, 4) is 34.5 Å². The first-order chi connectivity index (χ1) is 20.2. The monoisotopic (exact) mass is 526 g/mol. The van der Waals surface area contributed by atoms with Crippen molar-refractivity contribution in [2.75, 3.05) is 0 Å². The predicted octanol–water partition coefficient (Wildman–Crippen LogP) is 7.45. The van der Waals surface area contributed by atoms with Gasteiger partial charge >= 0.3 is 0 Å². The standard InChI is InChI=1S/C37H26N4/c38-19-17-27(24-39)12-11-26-13-15-32-33-16-14-29(36-22-28(25-40)18-20-41-36)23-35(33)37(34(32)21-26,30-7-3-1-4-8-30)31-9-5-2-6-10-31/h1-10,12-23H,11,38H2/b19-17-,27-12+. The molecule has 4 nitrogen and oxygen atoms in total. The molecule has 0 amide bonds. The average Bonchev–Trinajstić information content (AvgIpc) is 3.33. The average molecular weight is 527 g/mol. The summed E-state index contributed by atoms with van der Waals surface area (Å²) in [6.45, 7) is 0. The lowest BCUT2D eigenvalue weighted by molar-refractivity contribution is 0.767. The molecule has 0 atom stereocenters. The van der Waals surface area contributed by atoms with E-state index in [0.29, 0.717) is 17.6 Å². The van der Waals surface area contributed by atoms with Crippen LogP contribution in [0.3, 0.4) is 0 Å².